The molecule has 0 amide bonds. The molecular weight excluding hydrogens is 344 g/mol. The molecule has 1 heterocycles. The largest absolute Gasteiger partial charge is 0.297 e. The molecule has 0 N–H and O–H groups in total. The van der Waals surface area contributed by atoms with E-state index in [0.717, 1.165) is 31.6 Å². The van der Waals surface area contributed by atoms with Gasteiger partial charge in [0.05, 0.1) is 4.90 Å². The van der Waals surface area contributed by atoms with Gasteiger partial charge in [-0.25, -0.2) is 8.42 Å². The minimum Gasteiger partial charge on any atom is -0.297 e. The van der Waals surface area contributed by atoms with Crippen molar-refractivity contribution in [2.45, 2.75) is 18.2 Å². The summed E-state index contributed by atoms with van der Waals surface area (Å²) in [7, 11) is -3.39. The number of hydrogen-bond donors (Lipinski definition) is 0. The molecule has 0 radical (unpaired) electrons. The van der Waals surface area contributed by atoms with E-state index in [1.807, 2.05) is 30.3 Å². The van der Waals surface area contributed by atoms with Gasteiger partial charge in [0, 0.05) is 32.7 Å². The first-order valence-electron chi connectivity index (χ1n) is 9.12. The predicted octanol–water partition coefficient (Wildman–Crippen LogP) is 3.27. The normalized spacial score (nSPS) is 17.0. The second-order valence-electron chi connectivity index (χ2n) is 6.52. The van der Waals surface area contributed by atoms with Crippen molar-refractivity contribution in [2.75, 3.05) is 32.7 Å². The van der Waals surface area contributed by atoms with Crippen molar-refractivity contribution in [1.82, 2.24) is 9.21 Å². The predicted molar refractivity (Wildman–Crippen MR) is 106 cm³/mol. The van der Waals surface area contributed by atoms with Gasteiger partial charge < -0.3 is 0 Å². The second-order valence-corrected chi connectivity index (χ2v) is 8.45. The van der Waals surface area contributed by atoms with Crippen molar-refractivity contribution in [3.05, 3.63) is 71.8 Å². The Bertz CT molecular complexity index is 822. The first-order valence-corrected chi connectivity index (χ1v) is 10.6. The van der Waals surface area contributed by atoms with E-state index in [4.69, 9.17) is 0 Å². The van der Waals surface area contributed by atoms with Gasteiger partial charge >= 0.3 is 0 Å². The Hall–Kier alpha value is -1.95. The average Bonchev–Trinajstić information content (AvgIpc) is 2.69. The molecule has 2 aromatic rings. The highest BCUT2D eigenvalue weighted by atomic mass is 32.2. The SMILES string of the molecule is CCc1ccc(S(=O)(=O)N2CCN(C/C=C/c3ccccc3)CC2)cc1. The molecule has 0 bridgehead atoms. The molecule has 3 rings (SSSR count). The van der Waals surface area contributed by atoms with Crippen LogP contribution in [0.3, 0.4) is 0 Å². The average molecular weight is 371 g/mol. The number of sulfonamides is 1. The Morgan fingerprint density at radius 2 is 1.58 bits per heavy atom. The molecule has 1 aliphatic heterocycles. The number of benzene rings is 2. The molecule has 0 aromatic heterocycles. The monoisotopic (exact) mass is 370 g/mol. The smallest absolute Gasteiger partial charge is 0.243 e. The van der Waals surface area contributed by atoms with Crippen molar-refractivity contribution in [3.63, 3.8) is 0 Å². The van der Waals surface area contributed by atoms with Crippen LogP contribution in [0.5, 0.6) is 0 Å². The molecule has 2 aromatic carbocycles. The Morgan fingerprint density at radius 3 is 2.19 bits per heavy atom. The van der Waals surface area contributed by atoms with E-state index in [0.29, 0.717) is 18.0 Å². The zero-order valence-corrected chi connectivity index (χ0v) is 16.0. The molecule has 5 heteroatoms. The van der Waals surface area contributed by atoms with E-state index in [9.17, 15) is 8.42 Å². The Labute approximate surface area is 156 Å². The molecule has 0 aliphatic carbocycles. The molecule has 26 heavy (non-hydrogen) atoms. The van der Waals surface area contributed by atoms with Crippen molar-refractivity contribution in [3.8, 4) is 0 Å². The van der Waals surface area contributed by atoms with Gasteiger partial charge in [-0.05, 0) is 29.7 Å². The molecule has 1 fully saturated rings. The third-order valence-corrected chi connectivity index (χ3v) is 6.69. The van der Waals surface area contributed by atoms with Crippen molar-refractivity contribution >= 4 is 16.1 Å². The first kappa shape index (κ1) is 18.8. The fourth-order valence-corrected chi connectivity index (χ4v) is 4.52. The van der Waals surface area contributed by atoms with Gasteiger partial charge in [0.1, 0.15) is 0 Å². The molecule has 0 atom stereocenters. The zero-order chi connectivity index (χ0) is 18.4. The molecule has 0 saturated carbocycles. The minimum atomic E-state index is -3.39. The van der Waals surface area contributed by atoms with Crippen LogP contribution >= 0.6 is 0 Å². The molecule has 0 spiro atoms. The van der Waals surface area contributed by atoms with Gasteiger partial charge in [-0.2, -0.15) is 4.31 Å². The molecular formula is C21H26N2O2S. The molecule has 138 valence electrons. The maximum Gasteiger partial charge on any atom is 0.243 e. The molecule has 0 unspecified atom stereocenters. The van der Waals surface area contributed by atoms with Gasteiger partial charge in [-0.15, -0.1) is 0 Å². The standard InChI is InChI=1S/C21H26N2O2S/c1-2-19-10-12-21(13-11-19)26(24,25)23-17-15-22(16-18-23)14-6-9-20-7-4-3-5-8-20/h3-13H,2,14-18H2,1H3/b9-6+. The first-order chi connectivity index (χ1) is 12.6. The Balaban J connectivity index is 1.54. The molecule has 1 aliphatic rings. The van der Waals surface area contributed by atoms with Gasteiger partial charge in [-0.3, -0.25) is 4.90 Å². The summed E-state index contributed by atoms with van der Waals surface area (Å²) in [5.41, 5.74) is 2.34. The van der Waals surface area contributed by atoms with Crippen LogP contribution in [-0.4, -0.2) is 50.3 Å². The topological polar surface area (TPSA) is 40.6 Å². The lowest BCUT2D eigenvalue weighted by atomic mass is 10.2. The maximum absolute atomic E-state index is 12.8. The quantitative estimate of drug-likeness (QED) is 0.784. The van der Waals surface area contributed by atoms with E-state index < -0.39 is 10.0 Å². The number of aryl methyl sites for hydroxylation is 1. The van der Waals surface area contributed by atoms with Crippen molar-refractivity contribution in [1.29, 1.82) is 0 Å². The maximum atomic E-state index is 12.8. The van der Waals surface area contributed by atoms with Crippen LogP contribution in [0.4, 0.5) is 0 Å². The van der Waals surface area contributed by atoms with Gasteiger partial charge in [0.15, 0.2) is 0 Å². The number of rotatable bonds is 6. The third kappa shape index (κ3) is 4.61. The van der Waals surface area contributed by atoms with Crippen LogP contribution in [0.15, 0.2) is 65.6 Å². The highest BCUT2D eigenvalue weighted by Crippen LogP contribution is 2.18. The summed E-state index contributed by atoms with van der Waals surface area (Å²) >= 11 is 0. The lowest BCUT2D eigenvalue weighted by Crippen LogP contribution is -2.48. The third-order valence-electron chi connectivity index (χ3n) is 4.77. The van der Waals surface area contributed by atoms with E-state index in [1.165, 1.54) is 5.56 Å². The van der Waals surface area contributed by atoms with E-state index >= 15 is 0 Å². The lowest BCUT2D eigenvalue weighted by Gasteiger charge is -2.33. The highest BCUT2D eigenvalue weighted by molar-refractivity contribution is 7.89. The summed E-state index contributed by atoms with van der Waals surface area (Å²) in [6.45, 7) is 5.49. The summed E-state index contributed by atoms with van der Waals surface area (Å²) in [5.74, 6) is 0. The summed E-state index contributed by atoms with van der Waals surface area (Å²) in [6.07, 6.45) is 5.16. The van der Waals surface area contributed by atoms with Crippen LogP contribution in [0.2, 0.25) is 0 Å². The summed E-state index contributed by atoms with van der Waals surface area (Å²) in [4.78, 5) is 2.68. The highest BCUT2D eigenvalue weighted by Gasteiger charge is 2.27. The summed E-state index contributed by atoms with van der Waals surface area (Å²) in [6, 6.07) is 17.5. The fraction of sp³-hybridized carbons (Fsp3) is 0.333. The van der Waals surface area contributed by atoms with Crippen LogP contribution < -0.4 is 0 Å². The van der Waals surface area contributed by atoms with Crippen LogP contribution in [0, 0.1) is 0 Å². The molecule has 1 saturated heterocycles. The van der Waals surface area contributed by atoms with E-state index in [1.54, 1.807) is 16.4 Å². The van der Waals surface area contributed by atoms with E-state index in [-0.39, 0.29) is 0 Å². The minimum absolute atomic E-state index is 0.395. The number of piperazine rings is 1. The van der Waals surface area contributed by atoms with Crippen LogP contribution in [0.25, 0.3) is 6.08 Å². The van der Waals surface area contributed by atoms with Crippen molar-refractivity contribution in [2.24, 2.45) is 0 Å². The Morgan fingerprint density at radius 1 is 0.923 bits per heavy atom. The Kier molecular flexibility index (Phi) is 6.25. The van der Waals surface area contributed by atoms with Crippen LogP contribution in [-0.2, 0) is 16.4 Å². The van der Waals surface area contributed by atoms with Gasteiger partial charge in [0.2, 0.25) is 10.0 Å². The lowest BCUT2D eigenvalue weighted by molar-refractivity contribution is 0.204. The second kappa shape index (κ2) is 8.62. The summed E-state index contributed by atoms with van der Waals surface area (Å²) < 4.78 is 27.2. The van der Waals surface area contributed by atoms with Gasteiger partial charge in [-0.1, -0.05) is 61.5 Å². The van der Waals surface area contributed by atoms with Crippen molar-refractivity contribution < 1.29 is 8.42 Å². The van der Waals surface area contributed by atoms with Crippen LogP contribution in [0.1, 0.15) is 18.1 Å². The van der Waals surface area contributed by atoms with E-state index in [2.05, 4.69) is 36.1 Å². The number of nitrogens with zero attached hydrogens (tertiary/aromatic N) is 2. The van der Waals surface area contributed by atoms with Gasteiger partial charge in [0.25, 0.3) is 0 Å². The fourth-order valence-electron chi connectivity index (χ4n) is 3.10. The molecule has 4 nitrogen and oxygen atoms in total. The zero-order valence-electron chi connectivity index (χ0n) is 15.2. The number of hydrogen-bond acceptors (Lipinski definition) is 3. The summed E-state index contributed by atoms with van der Waals surface area (Å²) in [5, 5.41) is 0.